The Kier molecular flexibility index (Phi) is 8.11. The lowest BCUT2D eigenvalue weighted by molar-refractivity contribution is -0.116. The van der Waals surface area contributed by atoms with E-state index in [0.29, 0.717) is 5.69 Å². The van der Waals surface area contributed by atoms with Crippen LogP contribution in [0.5, 0.6) is 0 Å². The van der Waals surface area contributed by atoms with Crippen molar-refractivity contribution in [1.29, 1.82) is 0 Å². The molecule has 0 atom stereocenters. The monoisotopic (exact) mass is 573 g/mol. The Hall–Kier alpha value is -2.76. The van der Waals surface area contributed by atoms with E-state index in [1.807, 2.05) is 0 Å². The normalized spacial score (nSPS) is 20.2. The van der Waals surface area contributed by atoms with Crippen molar-refractivity contribution in [3.8, 4) is 0 Å². The number of hydrogen-bond donors (Lipinski definition) is 1. The van der Waals surface area contributed by atoms with Gasteiger partial charge in [0.2, 0.25) is 15.9 Å². The lowest BCUT2D eigenvalue weighted by Crippen LogP contribution is -2.48. The smallest absolute Gasteiger partial charge is 0.269 e. The summed E-state index contributed by atoms with van der Waals surface area (Å²) >= 11 is 0. The Bertz CT molecular complexity index is 1410. The fourth-order valence-corrected chi connectivity index (χ4v) is 9.57. The molecule has 9 nitrogen and oxygen atoms in total. The third-order valence-electron chi connectivity index (χ3n) is 8.04. The number of nitrogens with one attached hydrogen (secondary N) is 1. The number of carbonyl (C=O) groups is 2. The lowest BCUT2D eigenvalue weighted by atomic mass is 9.91. The molecular formula is C28H35N3O6S2. The molecule has 2 aliphatic carbocycles. The second-order valence-corrected chi connectivity index (χ2v) is 14.3. The Morgan fingerprint density at radius 3 is 2.00 bits per heavy atom. The molecule has 210 valence electrons. The van der Waals surface area contributed by atoms with Crippen LogP contribution in [0, 0.1) is 0 Å². The van der Waals surface area contributed by atoms with Crippen LogP contribution in [-0.2, 0) is 24.8 Å². The van der Waals surface area contributed by atoms with Gasteiger partial charge in [-0.25, -0.2) is 21.1 Å². The topological polar surface area (TPSA) is 121 Å². The number of amides is 2. The highest BCUT2D eigenvalue weighted by Gasteiger charge is 2.41. The highest BCUT2D eigenvalue weighted by Crippen LogP contribution is 2.35. The van der Waals surface area contributed by atoms with E-state index in [9.17, 15) is 26.4 Å². The minimum Gasteiger partial charge on any atom is -0.326 e. The van der Waals surface area contributed by atoms with Gasteiger partial charge in [-0.15, -0.1) is 0 Å². The molecule has 3 aliphatic rings. The molecule has 0 saturated heterocycles. The van der Waals surface area contributed by atoms with Gasteiger partial charge in [-0.05, 0) is 62.1 Å². The van der Waals surface area contributed by atoms with Gasteiger partial charge in [-0.1, -0.05) is 50.7 Å². The molecule has 2 amide bonds. The van der Waals surface area contributed by atoms with Gasteiger partial charge in [0.1, 0.15) is 4.90 Å². The molecular weight excluding hydrogens is 538 g/mol. The Morgan fingerprint density at radius 1 is 0.872 bits per heavy atom. The van der Waals surface area contributed by atoms with Crippen LogP contribution >= 0.6 is 0 Å². The van der Waals surface area contributed by atoms with Crippen LogP contribution in [0.1, 0.15) is 81.0 Å². The van der Waals surface area contributed by atoms with Crippen molar-refractivity contribution in [2.75, 3.05) is 11.9 Å². The van der Waals surface area contributed by atoms with Crippen LogP contribution in [0.15, 0.2) is 58.3 Å². The van der Waals surface area contributed by atoms with Crippen LogP contribution in [0.25, 0.3) is 0 Å². The van der Waals surface area contributed by atoms with Gasteiger partial charge in [0, 0.05) is 30.7 Å². The first-order valence-corrected chi connectivity index (χ1v) is 16.7. The SMILES string of the molecule is O=C(CCN1C(=O)c2ccccc2S1(=O)=O)Nc1ccc(S(=O)(=O)N(C2CCCCC2)C2CCCCC2)cc1. The van der Waals surface area contributed by atoms with E-state index in [1.165, 1.54) is 24.3 Å². The quantitative estimate of drug-likeness (QED) is 0.496. The average Bonchev–Trinajstić information content (AvgIpc) is 3.13. The Labute approximate surface area is 230 Å². The predicted octanol–water partition coefficient (Wildman–Crippen LogP) is 4.52. The minimum atomic E-state index is -3.98. The summed E-state index contributed by atoms with van der Waals surface area (Å²) in [7, 11) is -7.68. The van der Waals surface area contributed by atoms with E-state index in [0.717, 1.165) is 68.5 Å². The number of rotatable bonds is 8. The summed E-state index contributed by atoms with van der Waals surface area (Å²) in [5.41, 5.74) is 0.505. The number of nitrogens with zero attached hydrogens (tertiary/aromatic N) is 2. The fourth-order valence-electron chi connectivity index (χ4n) is 6.07. The first-order chi connectivity index (χ1) is 18.7. The Morgan fingerprint density at radius 2 is 1.44 bits per heavy atom. The summed E-state index contributed by atoms with van der Waals surface area (Å²) in [5.74, 6) is -1.12. The lowest BCUT2D eigenvalue weighted by Gasteiger charge is -2.40. The molecule has 0 aromatic heterocycles. The average molecular weight is 574 g/mol. The van der Waals surface area contributed by atoms with Crippen LogP contribution < -0.4 is 5.32 Å². The first kappa shape index (κ1) is 27.8. The van der Waals surface area contributed by atoms with Gasteiger partial charge in [-0.3, -0.25) is 9.59 Å². The van der Waals surface area contributed by atoms with Crippen LogP contribution in [0.2, 0.25) is 0 Å². The zero-order valence-electron chi connectivity index (χ0n) is 21.9. The molecule has 2 fully saturated rings. The number of carbonyl (C=O) groups excluding carboxylic acids is 2. The van der Waals surface area contributed by atoms with Crippen molar-refractivity contribution in [2.45, 2.75) is 92.5 Å². The van der Waals surface area contributed by atoms with Gasteiger partial charge in [0.05, 0.1) is 10.5 Å². The highest BCUT2D eigenvalue weighted by molar-refractivity contribution is 7.90. The molecule has 5 rings (SSSR count). The summed E-state index contributed by atoms with van der Waals surface area (Å²) < 4.78 is 55.6. The summed E-state index contributed by atoms with van der Waals surface area (Å²) in [6.45, 7) is -0.286. The molecule has 2 aromatic rings. The standard InChI is InChI=1S/C28H35N3O6S2/c32-27(19-20-30-28(33)25-13-7-8-14-26(25)39(30,36)37)29-21-15-17-24(18-16-21)38(34,35)31(22-9-3-1-4-10-22)23-11-5-2-6-12-23/h7-8,13-18,22-23H,1-6,9-12,19-20H2,(H,29,32). The number of sulfonamides is 2. The van der Waals surface area contributed by atoms with Crippen molar-refractivity contribution < 1.29 is 26.4 Å². The molecule has 1 heterocycles. The summed E-state index contributed by atoms with van der Waals surface area (Å²) in [6.07, 6.45) is 9.83. The third-order valence-corrected chi connectivity index (χ3v) is 11.9. The van der Waals surface area contributed by atoms with Crippen LogP contribution in [-0.4, -0.2) is 55.9 Å². The van der Waals surface area contributed by atoms with Crippen molar-refractivity contribution >= 4 is 37.5 Å². The summed E-state index contributed by atoms with van der Waals surface area (Å²) in [5, 5.41) is 2.68. The first-order valence-electron chi connectivity index (χ1n) is 13.8. The van der Waals surface area contributed by atoms with Gasteiger partial charge < -0.3 is 5.32 Å². The molecule has 0 bridgehead atoms. The van der Waals surface area contributed by atoms with E-state index >= 15 is 0 Å². The fraction of sp³-hybridized carbons (Fsp3) is 0.500. The van der Waals surface area contributed by atoms with E-state index < -0.39 is 31.9 Å². The highest BCUT2D eigenvalue weighted by atomic mass is 32.2. The zero-order chi connectivity index (χ0) is 27.6. The van der Waals surface area contributed by atoms with Gasteiger partial charge >= 0.3 is 0 Å². The maximum absolute atomic E-state index is 13.8. The van der Waals surface area contributed by atoms with E-state index in [1.54, 1.807) is 28.6 Å². The van der Waals surface area contributed by atoms with Crippen molar-refractivity contribution in [1.82, 2.24) is 8.61 Å². The third kappa shape index (κ3) is 5.62. The molecule has 0 radical (unpaired) electrons. The largest absolute Gasteiger partial charge is 0.326 e. The molecule has 0 unspecified atom stereocenters. The van der Waals surface area contributed by atoms with Crippen LogP contribution in [0.3, 0.4) is 0 Å². The minimum absolute atomic E-state index is 0.0296. The van der Waals surface area contributed by atoms with Gasteiger partial charge in [-0.2, -0.15) is 4.31 Å². The number of hydrogen-bond acceptors (Lipinski definition) is 6. The van der Waals surface area contributed by atoms with Crippen molar-refractivity contribution in [3.63, 3.8) is 0 Å². The van der Waals surface area contributed by atoms with Crippen molar-refractivity contribution in [3.05, 3.63) is 54.1 Å². The Balaban J connectivity index is 1.25. The summed E-state index contributed by atoms with van der Waals surface area (Å²) in [6, 6.07) is 12.2. The zero-order valence-corrected chi connectivity index (χ0v) is 23.6. The van der Waals surface area contributed by atoms with E-state index in [-0.39, 0.29) is 40.4 Å². The molecule has 0 spiro atoms. The molecule has 2 saturated carbocycles. The maximum atomic E-state index is 13.8. The van der Waals surface area contributed by atoms with E-state index in [4.69, 9.17) is 0 Å². The molecule has 11 heteroatoms. The van der Waals surface area contributed by atoms with E-state index in [2.05, 4.69) is 5.32 Å². The molecule has 2 aromatic carbocycles. The second-order valence-electron chi connectivity index (χ2n) is 10.6. The van der Waals surface area contributed by atoms with Crippen LogP contribution in [0.4, 0.5) is 5.69 Å². The molecule has 1 N–H and O–H groups in total. The maximum Gasteiger partial charge on any atom is 0.269 e. The number of benzene rings is 2. The van der Waals surface area contributed by atoms with Gasteiger partial charge in [0.25, 0.3) is 15.9 Å². The number of fused-ring (bicyclic) bond motifs is 1. The molecule has 39 heavy (non-hydrogen) atoms. The predicted molar refractivity (Wildman–Crippen MR) is 147 cm³/mol. The van der Waals surface area contributed by atoms with Crippen molar-refractivity contribution in [2.24, 2.45) is 0 Å². The molecule has 1 aliphatic heterocycles. The van der Waals surface area contributed by atoms with Gasteiger partial charge in [0.15, 0.2) is 0 Å². The summed E-state index contributed by atoms with van der Waals surface area (Å²) in [4.78, 5) is 25.3. The number of anilines is 1. The second kappa shape index (κ2) is 11.4.